The minimum absolute atomic E-state index is 0.106. The number of carbonyl (C=O) groups excluding carboxylic acids is 2. The van der Waals surface area contributed by atoms with Crippen LogP contribution in [0.2, 0.25) is 0 Å². The van der Waals surface area contributed by atoms with E-state index in [-0.39, 0.29) is 18.2 Å². The third-order valence-electron chi connectivity index (χ3n) is 4.10. The second kappa shape index (κ2) is 4.90. The molecule has 3 rings (SSSR count). The molecule has 2 aliphatic rings. The van der Waals surface area contributed by atoms with Crippen molar-refractivity contribution in [2.75, 3.05) is 5.32 Å². The van der Waals surface area contributed by atoms with Gasteiger partial charge in [0, 0.05) is 17.8 Å². The Kier molecular flexibility index (Phi) is 3.22. The molecule has 0 aromatic heterocycles. The Balaban J connectivity index is 1.67. The zero-order chi connectivity index (χ0) is 14.2. The maximum absolute atomic E-state index is 12.0. The highest BCUT2D eigenvalue weighted by molar-refractivity contribution is 6.00. The molecule has 20 heavy (non-hydrogen) atoms. The van der Waals surface area contributed by atoms with Crippen molar-refractivity contribution < 1.29 is 14.7 Å². The van der Waals surface area contributed by atoms with E-state index < -0.39 is 5.60 Å². The largest absolute Gasteiger partial charge is 0.389 e. The lowest BCUT2D eigenvalue weighted by atomic mass is 9.97. The van der Waals surface area contributed by atoms with Gasteiger partial charge in [-0.1, -0.05) is 18.9 Å². The summed E-state index contributed by atoms with van der Waals surface area (Å²) < 4.78 is 0. The lowest BCUT2D eigenvalue weighted by Gasteiger charge is -2.21. The molecule has 106 valence electrons. The van der Waals surface area contributed by atoms with E-state index in [4.69, 9.17) is 0 Å². The molecule has 1 saturated carbocycles. The number of hydrogen-bond donors (Lipinski definition) is 3. The molecule has 1 heterocycles. The Hall–Kier alpha value is -1.88. The molecule has 0 atom stereocenters. The van der Waals surface area contributed by atoms with Crippen LogP contribution >= 0.6 is 0 Å². The fourth-order valence-corrected chi connectivity index (χ4v) is 3.00. The van der Waals surface area contributed by atoms with E-state index in [0.29, 0.717) is 30.6 Å². The molecule has 1 aromatic carbocycles. The lowest BCUT2D eigenvalue weighted by molar-refractivity contribution is -0.120. The molecule has 1 aliphatic carbocycles. The minimum atomic E-state index is -0.849. The van der Waals surface area contributed by atoms with Gasteiger partial charge in [-0.25, -0.2) is 0 Å². The summed E-state index contributed by atoms with van der Waals surface area (Å²) in [5.74, 6) is -0.307. The van der Waals surface area contributed by atoms with Crippen LogP contribution in [0.25, 0.3) is 0 Å². The second-order valence-corrected chi connectivity index (χ2v) is 5.71. The predicted octanol–water partition coefficient (Wildman–Crippen LogP) is 1.56. The van der Waals surface area contributed by atoms with Gasteiger partial charge in [0.05, 0.1) is 12.0 Å². The van der Waals surface area contributed by atoms with Gasteiger partial charge in [-0.3, -0.25) is 9.59 Å². The smallest absolute Gasteiger partial charge is 0.251 e. The van der Waals surface area contributed by atoms with Gasteiger partial charge in [0.1, 0.15) is 0 Å². The number of amides is 2. The van der Waals surface area contributed by atoms with Crippen molar-refractivity contribution in [3.05, 3.63) is 29.3 Å². The van der Waals surface area contributed by atoms with Crippen LogP contribution in [0.5, 0.6) is 0 Å². The topological polar surface area (TPSA) is 78.4 Å². The van der Waals surface area contributed by atoms with Crippen molar-refractivity contribution >= 4 is 17.5 Å². The lowest BCUT2D eigenvalue weighted by Crippen LogP contribution is -2.30. The summed E-state index contributed by atoms with van der Waals surface area (Å²) in [6.07, 6.45) is 3.45. The van der Waals surface area contributed by atoms with E-state index in [0.717, 1.165) is 18.4 Å². The van der Waals surface area contributed by atoms with E-state index in [9.17, 15) is 14.7 Å². The first-order valence-electron chi connectivity index (χ1n) is 6.99. The molecule has 0 saturated heterocycles. The van der Waals surface area contributed by atoms with Crippen LogP contribution in [0.1, 0.15) is 48.0 Å². The van der Waals surface area contributed by atoms with E-state index in [1.807, 2.05) is 6.07 Å². The van der Waals surface area contributed by atoms with Crippen molar-refractivity contribution in [3.63, 3.8) is 0 Å². The third-order valence-corrected chi connectivity index (χ3v) is 4.10. The Morgan fingerprint density at radius 1 is 1.35 bits per heavy atom. The Morgan fingerprint density at radius 2 is 2.10 bits per heavy atom. The first-order valence-corrected chi connectivity index (χ1v) is 6.99. The Labute approximate surface area is 117 Å². The van der Waals surface area contributed by atoms with Crippen LogP contribution in [-0.2, 0) is 11.3 Å². The van der Waals surface area contributed by atoms with Gasteiger partial charge in [0.25, 0.3) is 5.91 Å². The minimum Gasteiger partial charge on any atom is -0.389 e. The van der Waals surface area contributed by atoms with E-state index in [1.54, 1.807) is 12.1 Å². The van der Waals surface area contributed by atoms with Crippen LogP contribution in [-0.4, -0.2) is 22.5 Å². The number of carbonyl (C=O) groups is 2. The normalized spacial score (nSPS) is 19.6. The van der Waals surface area contributed by atoms with Gasteiger partial charge in [0.15, 0.2) is 0 Å². The highest BCUT2D eigenvalue weighted by atomic mass is 16.3. The monoisotopic (exact) mass is 274 g/mol. The first kappa shape index (κ1) is 13.1. The molecule has 5 nitrogen and oxygen atoms in total. The maximum Gasteiger partial charge on any atom is 0.251 e. The Morgan fingerprint density at radius 3 is 2.85 bits per heavy atom. The number of hydrogen-bond acceptors (Lipinski definition) is 3. The molecule has 5 heteroatoms. The van der Waals surface area contributed by atoms with E-state index >= 15 is 0 Å². The van der Waals surface area contributed by atoms with Crippen molar-refractivity contribution in [1.29, 1.82) is 0 Å². The number of rotatable bonds is 3. The summed E-state index contributed by atoms with van der Waals surface area (Å²) in [4.78, 5) is 23.6. The molecular formula is C15H18N2O3. The number of fused-ring (bicyclic) bond motifs is 1. The molecule has 0 radical (unpaired) electrons. The van der Waals surface area contributed by atoms with Gasteiger partial charge in [-0.05, 0) is 30.5 Å². The molecular weight excluding hydrogens is 256 g/mol. The summed E-state index contributed by atoms with van der Waals surface area (Å²) in [6.45, 7) is 0.544. The van der Waals surface area contributed by atoms with Crippen molar-refractivity contribution in [1.82, 2.24) is 5.32 Å². The van der Waals surface area contributed by atoms with Crippen LogP contribution in [0.4, 0.5) is 5.69 Å². The first-order chi connectivity index (χ1) is 9.56. The zero-order valence-electron chi connectivity index (χ0n) is 11.2. The molecule has 0 unspecified atom stereocenters. The molecule has 1 aliphatic heterocycles. The maximum atomic E-state index is 12.0. The SMILES string of the molecule is O=C(CC1(O)CCCC1)Nc1ccc2c(c1)C(=O)NC2. The average molecular weight is 274 g/mol. The zero-order valence-corrected chi connectivity index (χ0v) is 11.2. The number of benzene rings is 1. The summed E-state index contributed by atoms with van der Waals surface area (Å²) >= 11 is 0. The molecule has 3 N–H and O–H groups in total. The van der Waals surface area contributed by atoms with Gasteiger partial charge >= 0.3 is 0 Å². The fraction of sp³-hybridized carbons (Fsp3) is 0.467. The average Bonchev–Trinajstić information content (AvgIpc) is 2.97. The molecule has 2 amide bonds. The standard InChI is InChI=1S/C15H18N2O3/c18-13(8-15(20)5-1-2-6-15)17-11-4-3-10-9-16-14(19)12(10)7-11/h3-4,7,20H,1-2,5-6,8-9H2,(H,16,19)(H,17,18). The van der Waals surface area contributed by atoms with Crippen molar-refractivity contribution in [2.45, 2.75) is 44.2 Å². The molecule has 0 bridgehead atoms. The summed E-state index contributed by atoms with van der Waals surface area (Å²) in [5, 5.41) is 15.7. The number of aliphatic hydroxyl groups is 1. The molecule has 1 fully saturated rings. The highest BCUT2D eigenvalue weighted by Crippen LogP contribution is 2.32. The van der Waals surface area contributed by atoms with Crippen LogP contribution in [0.3, 0.4) is 0 Å². The van der Waals surface area contributed by atoms with Crippen molar-refractivity contribution in [2.24, 2.45) is 0 Å². The van der Waals surface area contributed by atoms with Gasteiger partial charge in [-0.2, -0.15) is 0 Å². The number of nitrogens with one attached hydrogen (secondary N) is 2. The predicted molar refractivity (Wildman–Crippen MR) is 74.3 cm³/mol. The van der Waals surface area contributed by atoms with Gasteiger partial charge in [0.2, 0.25) is 5.91 Å². The van der Waals surface area contributed by atoms with E-state index in [1.165, 1.54) is 0 Å². The van der Waals surface area contributed by atoms with Gasteiger partial charge in [-0.15, -0.1) is 0 Å². The fourth-order valence-electron chi connectivity index (χ4n) is 3.00. The second-order valence-electron chi connectivity index (χ2n) is 5.71. The highest BCUT2D eigenvalue weighted by Gasteiger charge is 2.33. The third kappa shape index (κ3) is 2.54. The summed E-state index contributed by atoms with van der Waals surface area (Å²) in [6, 6.07) is 5.32. The van der Waals surface area contributed by atoms with Gasteiger partial charge < -0.3 is 15.7 Å². The molecule has 0 spiro atoms. The molecule has 1 aromatic rings. The van der Waals surface area contributed by atoms with Crippen LogP contribution in [0, 0.1) is 0 Å². The van der Waals surface area contributed by atoms with E-state index in [2.05, 4.69) is 10.6 Å². The number of anilines is 1. The Bertz CT molecular complexity index is 562. The van der Waals surface area contributed by atoms with Crippen molar-refractivity contribution in [3.8, 4) is 0 Å². The summed E-state index contributed by atoms with van der Waals surface area (Å²) in [5.41, 5.74) is 1.32. The summed E-state index contributed by atoms with van der Waals surface area (Å²) in [7, 11) is 0. The quantitative estimate of drug-likeness (QED) is 0.782. The van der Waals surface area contributed by atoms with Crippen LogP contribution in [0.15, 0.2) is 18.2 Å². The van der Waals surface area contributed by atoms with Crippen LogP contribution < -0.4 is 10.6 Å².